The maximum absolute atomic E-state index is 12.7. The fourth-order valence-corrected chi connectivity index (χ4v) is 4.93. The van der Waals surface area contributed by atoms with Gasteiger partial charge in [-0.2, -0.15) is 0 Å². The molecule has 224 valence electrons. The van der Waals surface area contributed by atoms with Crippen LogP contribution in [0, 0.1) is 0 Å². The third-order valence-corrected chi connectivity index (χ3v) is 7.05. The van der Waals surface area contributed by atoms with Crippen molar-refractivity contribution in [3.05, 3.63) is 78.1 Å². The van der Waals surface area contributed by atoms with Crippen LogP contribution in [-0.2, 0) is 10.0 Å². The summed E-state index contributed by atoms with van der Waals surface area (Å²) in [5.74, 6) is 0.372. The lowest BCUT2D eigenvalue weighted by Gasteiger charge is -2.24. The summed E-state index contributed by atoms with van der Waals surface area (Å²) < 4.78 is 37.3. The van der Waals surface area contributed by atoms with Crippen LogP contribution in [0.15, 0.2) is 67.0 Å². The molecule has 0 radical (unpaired) electrons. The van der Waals surface area contributed by atoms with Crippen LogP contribution >= 0.6 is 24.8 Å². The molecule has 9 nitrogen and oxygen atoms in total. The van der Waals surface area contributed by atoms with E-state index in [1.54, 1.807) is 36.7 Å². The molecule has 1 aliphatic rings. The number of carbonyl (C=O) groups excluding carboxylic acids is 1. The van der Waals surface area contributed by atoms with E-state index < -0.39 is 22.0 Å². The fourth-order valence-electron chi connectivity index (χ4n) is 4.49. The van der Waals surface area contributed by atoms with Crippen molar-refractivity contribution >= 4 is 40.7 Å². The fraction of sp³-hybridized carbons (Fsp3) is 0.379. The molecule has 0 saturated heterocycles. The summed E-state index contributed by atoms with van der Waals surface area (Å²) in [6.45, 7) is 1.40. The Morgan fingerprint density at radius 2 is 1.76 bits per heavy atom. The number of carbonyl (C=O) groups is 1. The topological polar surface area (TPSA) is 127 Å². The lowest BCUT2D eigenvalue weighted by molar-refractivity contribution is 0.0969. The minimum atomic E-state index is -3.71. The van der Waals surface area contributed by atoms with Crippen molar-refractivity contribution in [2.45, 2.75) is 44.3 Å². The molecule has 12 heteroatoms. The van der Waals surface area contributed by atoms with E-state index in [2.05, 4.69) is 10.3 Å². The van der Waals surface area contributed by atoms with Crippen LogP contribution in [0.3, 0.4) is 0 Å². The van der Waals surface area contributed by atoms with Crippen LogP contribution in [0.5, 0.6) is 11.5 Å². The molecule has 0 aliphatic heterocycles. The summed E-state index contributed by atoms with van der Waals surface area (Å²) in [5, 5.41) is 13.4. The molecular weight excluding hydrogens is 589 g/mol. The number of aromatic nitrogens is 1. The smallest absolute Gasteiger partial charge is 0.268 e. The summed E-state index contributed by atoms with van der Waals surface area (Å²) >= 11 is 0. The molecular formula is C29H37Cl2N3O6S. The zero-order valence-electron chi connectivity index (χ0n) is 22.8. The van der Waals surface area contributed by atoms with E-state index in [1.165, 1.54) is 6.42 Å². The first-order valence-corrected chi connectivity index (χ1v) is 15.0. The van der Waals surface area contributed by atoms with E-state index in [4.69, 9.17) is 9.47 Å². The van der Waals surface area contributed by atoms with Gasteiger partial charge in [0.25, 0.3) is 5.91 Å². The standard InChI is InChI=1S/C29H35N3O6S.2ClH/c1-39(35,36)32-29(34)26-14-11-22(18-28(26)38-25-7-3-2-4-8-25)21-9-12-24(13-10-21)37-17-16-31-20-27(33)23-6-5-15-30-19-23;;/h5-6,9-15,18-19,25,27,31,33H,2-4,7-8,16-17,20H2,1H3,(H,32,34);2*1H. The Labute approximate surface area is 253 Å². The summed E-state index contributed by atoms with van der Waals surface area (Å²) in [6.07, 6.45) is 8.74. The first kappa shape index (κ1) is 34.3. The van der Waals surface area contributed by atoms with Crippen molar-refractivity contribution in [2.75, 3.05) is 26.0 Å². The van der Waals surface area contributed by atoms with E-state index in [-0.39, 0.29) is 36.5 Å². The molecule has 0 spiro atoms. The van der Waals surface area contributed by atoms with Crippen molar-refractivity contribution in [1.82, 2.24) is 15.0 Å². The molecule has 1 unspecified atom stereocenters. The van der Waals surface area contributed by atoms with Crippen molar-refractivity contribution in [3.8, 4) is 22.6 Å². The average molecular weight is 627 g/mol. The predicted octanol–water partition coefficient (Wildman–Crippen LogP) is 4.70. The summed E-state index contributed by atoms with van der Waals surface area (Å²) in [7, 11) is -3.71. The van der Waals surface area contributed by atoms with Gasteiger partial charge < -0.3 is 19.9 Å². The van der Waals surface area contributed by atoms with Gasteiger partial charge in [0, 0.05) is 31.0 Å². The van der Waals surface area contributed by atoms with E-state index in [9.17, 15) is 18.3 Å². The summed E-state index contributed by atoms with van der Waals surface area (Å²) in [6, 6.07) is 16.4. The maximum atomic E-state index is 12.7. The average Bonchev–Trinajstić information content (AvgIpc) is 2.93. The normalized spacial score (nSPS) is 14.2. The predicted molar refractivity (Wildman–Crippen MR) is 164 cm³/mol. The van der Waals surface area contributed by atoms with Crippen LogP contribution in [0.4, 0.5) is 0 Å². The number of ether oxygens (including phenoxy) is 2. The molecule has 2 aromatic carbocycles. The molecule has 3 aromatic rings. The largest absolute Gasteiger partial charge is 0.492 e. The monoisotopic (exact) mass is 625 g/mol. The van der Waals surface area contributed by atoms with E-state index in [1.807, 2.05) is 35.1 Å². The van der Waals surface area contributed by atoms with Gasteiger partial charge in [0.05, 0.1) is 24.0 Å². The van der Waals surface area contributed by atoms with Crippen LogP contribution in [0.1, 0.15) is 54.1 Å². The van der Waals surface area contributed by atoms with E-state index in [0.29, 0.717) is 31.2 Å². The maximum Gasteiger partial charge on any atom is 0.268 e. The van der Waals surface area contributed by atoms with E-state index >= 15 is 0 Å². The molecule has 1 aliphatic carbocycles. The number of pyridine rings is 1. The van der Waals surface area contributed by atoms with Crippen molar-refractivity contribution in [1.29, 1.82) is 0 Å². The Morgan fingerprint density at radius 1 is 1.05 bits per heavy atom. The van der Waals surface area contributed by atoms with Crippen molar-refractivity contribution in [2.24, 2.45) is 0 Å². The number of sulfonamides is 1. The molecule has 41 heavy (non-hydrogen) atoms. The van der Waals surface area contributed by atoms with Gasteiger partial charge in [-0.15, -0.1) is 24.8 Å². The Balaban J connectivity index is 0.00000294. The highest BCUT2D eigenvalue weighted by molar-refractivity contribution is 7.89. The van der Waals surface area contributed by atoms with Crippen molar-refractivity contribution in [3.63, 3.8) is 0 Å². The number of halogens is 2. The number of benzene rings is 2. The number of rotatable bonds is 12. The van der Waals surface area contributed by atoms with Gasteiger partial charge in [-0.25, -0.2) is 13.1 Å². The number of aliphatic hydroxyl groups is 1. The van der Waals surface area contributed by atoms with Crippen molar-refractivity contribution < 1.29 is 27.8 Å². The second kappa shape index (κ2) is 16.5. The highest BCUT2D eigenvalue weighted by Crippen LogP contribution is 2.32. The van der Waals surface area contributed by atoms with Gasteiger partial charge in [0.1, 0.15) is 18.1 Å². The molecule has 1 heterocycles. The quantitative estimate of drug-likeness (QED) is 0.247. The minimum Gasteiger partial charge on any atom is -0.492 e. The lowest BCUT2D eigenvalue weighted by Crippen LogP contribution is -2.30. The van der Waals surface area contributed by atoms with Gasteiger partial charge in [-0.3, -0.25) is 9.78 Å². The minimum absolute atomic E-state index is 0. The Kier molecular flexibility index (Phi) is 13.8. The SMILES string of the molecule is CS(=O)(=O)NC(=O)c1ccc(-c2ccc(OCCNCC(O)c3cccnc3)cc2)cc1OC1CCCCC1.Cl.Cl. The van der Waals surface area contributed by atoms with Gasteiger partial charge in [-0.1, -0.05) is 30.7 Å². The lowest BCUT2D eigenvalue weighted by atomic mass is 9.97. The zero-order valence-corrected chi connectivity index (χ0v) is 25.3. The molecule has 3 N–H and O–H groups in total. The molecule has 4 rings (SSSR count). The number of nitrogens with zero attached hydrogens (tertiary/aromatic N) is 1. The third-order valence-electron chi connectivity index (χ3n) is 6.49. The highest BCUT2D eigenvalue weighted by atomic mass is 35.5. The number of aliphatic hydroxyl groups excluding tert-OH is 1. The molecule has 1 amide bonds. The second-order valence-electron chi connectivity index (χ2n) is 9.67. The van der Waals surface area contributed by atoms with Crippen LogP contribution in [-0.4, -0.2) is 56.5 Å². The highest BCUT2D eigenvalue weighted by Gasteiger charge is 2.21. The van der Waals surface area contributed by atoms with Crippen LogP contribution in [0.2, 0.25) is 0 Å². The zero-order chi connectivity index (χ0) is 27.7. The first-order chi connectivity index (χ1) is 18.8. The Bertz CT molecular complexity index is 1340. The molecule has 1 atom stereocenters. The number of hydrogen-bond donors (Lipinski definition) is 3. The number of amides is 1. The third kappa shape index (κ3) is 10.8. The Hall–Kier alpha value is -2.89. The van der Waals surface area contributed by atoms with Gasteiger partial charge in [0.2, 0.25) is 10.0 Å². The van der Waals surface area contributed by atoms with Gasteiger partial charge in [-0.05, 0) is 67.1 Å². The number of nitrogens with one attached hydrogen (secondary N) is 2. The van der Waals surface area contributed by atoms with E-state index in [0.717, 1.165) is 48.6 Å². The Morgan fingerprint density at radius 3 is 2.41 bits per heavy atom. The second-order valence-corrected chi connectivity index (χ2v) is 11.4. The first-order valence-electron chi connectivity index (χ1n) is 13.1. The summed E-state index contributed by atoms with van der Waals surface area (Å²) in [5.41, 5.74) is 2.70. The van der Waals surface area contributed by atoms with Gasteiger partial charge in [0.15, 0.2) is 0 Å². The number of hydrogen-bond acceptors (Lipinski definition) is 8. The molecule has 1 saturated carbocycles. The van der Waals surface area contributed by atoms with Crippen LogP contribution in [0.25, 0.3) is 11.1 Å². The van der Waals surface area contributed by atoms with Gasteiger partial charge >= 0.3 is 0 Å². The molecule has 1 fully saturated rings. The molecule has 1 aromatic heterocycles. The molecule has 0 bridgehead atoms. The summed E-state index contributed by atoms with van der Waals surface area (Å²) in [4.78, 5) is 16.7. The van der Waals surface area contributed by atoms with Crippen LogP contribution < -0.4 is 19.5 Å².